The molecule has 1 aliphatic rings. The molecule has 0 N–H and O–H groups in total. The fourth-order valence-corrected chi connectivity index (χ4v) is 2.24. The summed E-state index contributed by atoms with van der Waals surface area (Å²) in [5.74, 6) is 0. The third kappa shape index (κ3) is 3.06. The van der Waals surface area contributed by atoms with Crippen molar-refractivity contribution in [1.29, 1.82) is 0 Å². The maximum Gasteiger partial charge on any atom is 0.158 e. The van der Waals surface area contributed by atoms with E-state index in [0.29, 0.717) is 6.61 Å². The Morgan fingerprint density at radius 3 is 3.06 bits per heavy atom. The molecule has 1 unspecified atom stereocenters. The van der Waals surface area contributed by atoms with E-state index >= 15 is 0 Å². The van der Waals surface area contributed by atoms with E-state index in [4.69, 9.17) is 9.47 Å². The summed E-state index contributed by atoms with van der Waals surface area (Å²) >= 11 is 3.53. The SMILES string of the molecule is Cc1c(Br)cccc1COC1CCCCO1. The maximum absolute atomic E-state index is 5.76. The zero-order valence-electron chi connectivity index (χ0n) is 9.54. The molecule has 1 aromatic carbocycles. The molecule has 2 nitrogen and oxygen atoms in total. The van der Waals surface area contributed by atoms with E-state index in [0.717, 1.165) is 23.9 Å². The smallest absolute Gasteiger partial charge is 0.158 e. The van der Waals surface area contributed by atoms with Crippen LogP contribution in [-0.4, -0.2) is 12.9 Å². The van der Waals surface area contributed by atoms with Gasteiger partial charge in [0.1, 0.15) is 0 Å². The van der Waals surface area contributed by atoms with Gasteiger partial charge in [-0.2, -0.15) is 0 Å². The lowest BCUT2D eigenvalue weighted by molar-refractivity contribution is -0.169. The van der Waals surface area contributed by atoms with Crippen LogP contribution in [0.1, 0.15) is 30.4 Å². The van der Waals surface area contributed by atoms with Gasteiger partial charge in [-0.1, -0.05) is 28.1 Å². The largest absolute Gasteiger partial charge is 0.353 e. The summed E-state index contributed by atoms with van der Waals surface area (Å²) in [7, 11) is 0. The predicted molar refractivity (Wildman–Crippen MR) is 67.3 cm³/mol. The highest BCUT2D eigenvalue weighted by atomic mass is 79.9. The van der Waals surface area contributed by atoms with Crippen LogP contribution in [0.5, 0.6) is 0 Å². The van der Waals surface area contributed by atoms with Crippen molar-refractivity contribution in [2.45, 2.75) is 39.1 Å². The Hall–Kier alpha value is -0.380. The molecule has 0 amide bonds. The highest BCUT2D eigenvalue weighted by Gasteiger charge is 2.14. The van der Waals surface area contributed by atoms with Crippen molar-refractivity contribution in [3.8, 4) is 0 Å². The molecule has 1 saturated heterocycles. The van der Waals surface area contributed by atoms with Gasteiger partial charge in [-0.05, 0) is 43.4 Å². The third-order valence-electron chi connectivity index (χ3n) is 2.94. The molecule has 0 aliphatic carbocycles. The molecule has 1 heterocycles. The van der Waals surface area contributed by atoms with Crippen molar-refractivity contribution in [2.75, 3.05) is 6.61 Å². The lowest BCUT2D eigenvalue weighted by atomic mass is 10.1. The van der Waals surface area contributed by atoms with Crippen molar-refractivity contribution < 1.29 is 9.47 Å². The first-order chi connectivity index (χ1) is 7.77. The summed E-state index contributed by atoms with van der Waals surface area (Å²) < 4.78 is 12.4. The summed E-state index contributed by atoms with van der Waals surface area (Å²) in [6.45, 7) is 3.57. The molecule has 1 fully saturated rings. The summed E-state index contributed by atoms with van der Waals surface area (Å²) in [6.07, 6.45) is 3.39. The Morgan fingerprint density at radius 1 is 1.44 bits per heavy atom. The van der Waals surface area contributed by atoms with Crippen LogP contribution in [0.3, 0.4) is 0 Å². The van der Waals surface area contributed by atoms with Crippen molar-refractivity contribution in [3.05, 3.63) is 33.8 Å². The molecule has 0 spiro atoms. The molecular formula is C13H17BrO2. The zero-order chi connectivity index (χ0) is 11.4. The zero-order valence-corrected chi connectivity index (χ0v) is 11.1. The normalized spacial score (nSPS) is 21.0. The van der Waals surface area contributed by atoms with Gasteiger partial charge in [0.15, 0.2) is 6.29 Å². The van der Waals surface area contributed by atoms with E-state index in [1.165, 1.54) is 17.5 Å². The molecule has 3 heteroatoms. The monoisotopic (exact) mass is 284 g/mol. The predicted octanol–water partition coefficient (Wildman–Crippen LogP) is 3.80. The first-order valence-corrected chi connectivity index (χ1v) is 6.54. The Morgan fingerprint density at radius 2 is 2.31 bits per heavy atom. The summed E-state index contributed by atoms with van der Waals surface area (Å²) in [5.41, 5.74) is 2.47. The van der Waals surface area contributed by atoms with E-state index in [2.05, 4.69) is 35.0 Å². The second-order valence-electron chi connectivity index (χ2n) is 4.13. The standard InChI is InChI=1S/C13H17BrO2/c1-10-11(5-4-6-12(10)14)9-16-13-7-2-3-8-15-13/h4-6,13H,2-3,7-9H2,1H3. The quantitative estimate of drug-likeness (QED) is 0.841. The lowest BCUT2D eigenvalue weighted by Gasteiger charge is -2.23. The number of ether oxygens (including phenoxy) is 2. The topological polar surface area (TPSA) is 18.5 Å². The molecule has 1 aromatic rings. The Kier molecular flexibility index (Phi) is 4.38. The molecule has 2 rings (SSSR count). The molecule has 0 aromatic heterocycles. The van der Waals surface area contributed by atoms with Crippen molar-refractivity contribution in [2.24, 2.45) is 0 Å². The molecule has 1 atom stereocenters. The first kappa shape index (κ1) is 12.1. The van der Waals surface area contributed by atoms with Crippen LogP contribution in [0.4, 0.5) is 0 Å². The average molecular weight is 285 g/mol. The van der Waals surface area contributed by atoms with Crippen LogP contribution in [0.2, 0.25) is 0 Å². The van der Waals surface area contributed by atoms with Gasteiger partial charge in [0.2, 0.25) is 0 Å². The van der Waals surface area contributed by atoms with Crippen LogP contribution >= 0.6 is 15.9 Å². The average Bonchev–Trinajstić information content (AvgIpc) is 2.32. The van der Waals surface area contributed by atoms with E-state index in [9.17, 15) is 0 Å². The highest BCUT2D eigenvalue weighted by Crippen LogP contribution is 2.21. The van der Waals surface area contributed by atoms with Gasteiger partial charge in [-0.25, -0.2) is 0 Å². The van der Waals surface area contributed by atoms with Crippen LogP contribution in [0, 0.1) is 6.92 Å². The molecule has 88 valence electrons. The minimum Gasteiger partial charge on any atom is -0.353 e. The van der Waals surface area contributed by atoms with Crippen molar-refractivity contribution in [1.82, 2.24) is 0 Å². The number of rotatable bonds is 3. The fourth-order valence-electron chi connectivity index (χ4n) is 1.83. The third-order valence-corrected chi connectivity index (χ3v) is 3.80. The highest BCUT2D eigenvalue weighted by molar-refractivity contribution is 9.10. The molecular weight excluding hydrogens is 268 g/mol. The first-order valence-electron chi connectivity index (χ1n) is 5.74. The van der Waals surface area contributed by atoms with Crippen molar-refractivity contribution in [3.63, 3.8) is 0 Å². The Bertz CT molecular complexity index is 346. The van der Waals surface area contributed by atoms with E-state index in [1.807, 2.05) is 6.07 Å². The maximum atomic E-state index is 5.76. The summed E-state index contributed by atoms with van der Waals surface area (Å²) in [4.78, 5) is 0. The summed E-state index contributed by atoms with van der Waals surface area (Å²) in [6, 6.07) is 6.19. The van der Waals surface area contributed by atoms with E-state index in [1.54, 1.807) is 0 Å². The van der Waals surface area contributed by atoms with Gasteiger partial charge in [0, 0.05) is 11.1 Å². The van der Waals surface area contributed by atoms with Crippen molar-refractivity contribution >= 4 is 15.9 Å². The van der Waals surface area contributed by atoms with Crippen LogP contribution in [0.25, 0.3) is 0 Å². The Labute approximate surface area is 105 Å². The van der Waals surface area contributed by atoms with Crippen LogP contribution in [-0.2, 0) is 16.1 Å². The minimum absolute atomic E-state index is 0.00729. The van der Waals surface area contributed by atoms with E-state index in [-0.39, 0.29) is 6.29 Å². The van der Waals surface area contributed by atoms with Gasteiger partial charge in [0.05, 0.1) is 6.61 Å². The molecule has 1 aliphatic heterocycles. The minimum atomic E-state index is -0.00729. The summed E-state index contributed by atoms with van der Waals surface area (Å²) in [5, 5.41) is 0. The number of halogens is 1. The fraction of sp³-hybridized carbons (Fsp3) is 0.538. The molecule has 0 radical (unpaired) electrons. The number of hydrogen-bond acceptors (Lipinski definition) is 2. The number of benzene rings is 1. The van der Waals surface area contributed by atoms with Gasteiger partial charge in [-0.3, -0.25) is 0 Å². The van der Waals surface area contributed by atoms with E-state index < -0.39 is 0 Å². The second-order valence-corrected chi connectivity index (χ2v) is 4.99. The van der Waals surface area contributed by atoms with Gasteiger partial charge in [-0.15, -0.1) is 0 Å². The second kappa shape index (κ2) is 5.80. The molecule has 0 bridgehead atoms. The molecule has 16 heavy (non-hydrogen) atoms. The van der Waals surface area contributed by atoms with Crippen LogP contribution < -0.4 is 0 Å². The Balaban J connectivity index is 1.91. The molecule has 0 saturated carbocycles. The van der Waals surface area contributed by atoms with Gasteiger partial charge < -0.3 is 9.47 Å². The van der Waals surface area contributed by atoms with Gasteiger partial charge >= 0.3 is 0 Å². The van der Waals surface area contributed by atoms with Gasteiger partial charge in [0.25, 0.3) is 0 Å². The number of hydrogen-bond donors (Lipinski definition) is 0. The van der Waals surface area contributed by atoms with Crippen LogP contribution in [0.15, 0.2) is 22.7 Å². The lowest BCUT2D eigenvalue weighted by Crippen LogP contribution is -2.22.